The van der Waals surface area contributed by atoms with E-state index in [-0.39, 0.29) is 16.3 Å². The number of alkyl halides is 6. The predicted molar refractivity (Wildman–Crippen MR) is 122 cm³/mol. The monoisotopic (exact) mass is 530 g/mol. The minimum Gasteiger partial charge on any atom is -0.369 e. The molecule has 3 aromatic rings. The van der Waals surface area contributed by atoms with Crippen molar-refractivity contribution in [2.24, 2.45) is 5.10 Å². The van der Waals surface area contributed by atoms with Gasteiger partial charge in [-0.3, -0.25) is 5.01 Å². The molecule has 1 heterocycles. The first-order chi connectivity index (χ1) is 16.8. The summed E-state index contributed by atoms with van der Waals surface area (Å²) in [6.07, 6.45) is -13.3. The normalized spacial score (nSPS) is 16.9. The zero-order chi connectivity index (χ0) is 26.5. The number of hydrogen-bond donors (Lipinski definition) is 1. The highest BCUT2D eigenvalue weighted by molar-refractivity contribution is 6.33. The molecule has 1 unspecified atom stereocenters. The van der Waals surface area contributed by atoms with Crippen LogP contribution in [0.25, 0.3) is 11.1 Å². The fourth-order valence-electron chi connectivity index (χ4n) is 4.18. The minimum absolute atomic E-state index is 0.0352. The molecule has 0 aromatic heterocycles. The molecule has 0 saturated carbocycles. The Labute approximate surface area is 206 Å². The van der Waals surface area contributed by atoms with Gasteiger partial charge in [0.05, 0.1) is 22.5 Å². The van der Waals surface area contributed by atoms with Gasteiger partial charge in [-0.15, -0.1) is 0 Å². The number of para-hydroxylation sites is 1. The van der Waals surface area contributed by atoms with E-state index in [9.17, 15) is 31.4 Å². The van der Waals surface area contributed by atoms with Crippen LogP contribution in [0.3, 0.4) is 0 Å². The van der Waals surface area contributed by atoms with Gasteiger partial charge < -0.3 is 5.11 Å². The van der Waals surface area contributed by atoms with Crippen molar-refractivity contribution in [2.45, 2.75) is 37.3 Å². The van der Waals surface area contributed by atoms with E-state index < -0.39 is 41.9 Å². The zero-order valence-corrected chi connectivity index (χ0v) is 19.3. The molecule has 3 nitrogen and oxygen atoms in total. The third-order valence-corrected chi connectivity index (χ3v) is 6.38. The largest absolute Gasteiger partial charge is 0.431 e. The Morgan fingerprint density at radius 1 is 0.917 bits per heavy atom. The van der Waals surface area contributed by atoms with Crippen molar-refractivity contribution < 1.29 is 35.8 Å². The van der Waals surface area contributed by atoms with Crippen LogP contribution < -0.4 is 5.01 Å². The molecular weight excluding hydrogens is 513 g/mol. The van der Waals surface area contributed by atoms with Crippen molar-refractivity contribution in [3.8, 4) is 11.1 Å². The first-order valence-electron chi connectivity index (χ1n) is 10.6. The van der Waals surface area contributed by atoms with Gasteiger partial charge in [-0.05, 0) is 41.8 Å². The Morgan fingerprint density at radius 3 is 2.11 bits per heavy atom. The van der Waals surface area contributed by atoms with Crippen molar-refractivity contribution in [2.75, 3.05) is 5.01 Å². The van der Waals surface area contributed by atoms with E-state index in [0.717, 1.165) is 16.6 Å². The van der Waals surface area contributed by atoms with Gasteiger partial charge in [-0.25, -0.2) is 4.39 Å². The van der Waals surface area contributed by atoms with Gasteiger partial charge in [0.15, 0.2) is 0 Å². The van der Waals surface area contributed by atoms with Crippen molar-refractivity contribution in [3.05, 3.63) is 88.7 Å². The summed E-state index contributed by atoms with van der Waals surface area (Å²) in [6.45, 7) is 1.81. The molecule has 1 N–H and O–H groups in total. The van der Waals surface area contributed by atoms with Crippen molar-refractivity contribution in [3.63, 3.8) is 0 Å². The maximum Gasteiger partial charge on any atom is 0.431 e. The first kappa shape index (κ1) is 26.0. The van der Waals surface area contributed by atoms with E-state index in [2.05, 4.69) is 5.10 Å². The van der Waals surface area contributed by atoms with Crippen LogP contribution in [0.2, 0.25) is 5.02 Å². The lowest BCUT2D eigenvalue weighted by Crippen LogP contribution is -2.62. The maximum absolute atomic E-state index is 15.4. The molecule has 190 valence electrons. The van der Waals surface area contributed by atoms with E-state index in [1.54, 1.807) is 18.2 Å². The first-order valence-corrected chi connectivity index (χ1v) is 11.0. The van der Waals surface area contributed by atoms with E-state index in [1.807, 2.05) is 13.0 Å². The van der Waals surface area contributed by atoms with Gasteiger partial charge in [0.1, 0.15) is 5.82 Å². The molecule has 3 aromatic carbocycles. The molecule has 0 aliphatic carbocycles. The second-order valence-electron chi connectivity index (χ2n) is 8.32. The highest BCUT2D eigenvalue weighted by Gasteiger charge is 2.74. The fourth-order valence-corrected chi connectivity index (χ4v) is 4.40. The van der Waals surface area contributed by atoms with Gasteiger partial charge in [-0.2, -0.15) is 31.4 Å². The molecule has 11 heteroatoms. The summed E-state index contributed by atoms with van der Waals surface area (Å²) in [7, 11) is 0. The Balaban J connectivity index is 1.84. The third-order valence-electron chi connectivity index (χ3n) is 6.06. The van der Waals surface area contributed by atoms with Crippen LogP contribution in [0.5, 0.6) is 0 Å². The zero-order valence-electron chi connectivity index (χ0n) is 18.5. The van der Waals surface area contributed by atoms with E-state index >= 15 is 4.39 Å². The van der Waals surface area contributed by atoms with Gasteiger partial charge in [0.2, 0.25) is 0 Å². The lowest BCUT2D eigenvalue weighted by atomic mass is 9.89. The molecule has 0 bridgehead atoms. The lowest BCUT2D eigenvalue weighted by Gasteiger charge is -2.32. The summed E-state index contributed by atoms with van der Waals surface area (Å²) in [6, 6.07) is 15.3. The average molecular weight is 531 g/mol. The van der Waals surface area contributed by atoms with Crippen molar-refractivity contribution in [1.82, 2.24) is 0 Å². The van der Waals surface area contributed by atoms with E-state index in [4.69, 9.17) is 11.6 Å². The number of aryl methyl sites for hydroxylation is 1. The van der Waals surface area contributed by atoms with Gasteiger partial charge >= 0.3 is 12.4 Å². The molecule has 1 aliphatic rings. The third kappa shape index (κ3) is 4.32. The molecule has 1 aliphatic heterocycles. The number of anilines is 1. The summed E-state index contributed by atoms with van der Waals surface area (Å²) < 4.78 is 96.9. The number of rotatable bonds is 4. The smallest absolute Gasteiger partial charge is 0.369 e. The van der Waals surface area contributed by atoms with Crippen LogP contribution >= 0.6 is 11.6 Å². The Morgan fingerprint density at radius 2 is 1.53 bits per heavy atom. The molecular formula is C25H18ClF7N2O. The Kier molecular flexibility index (Phi) is 6.55. The molecule has 36 heavy (non-hydrogen) atoms. The van der Waals surface area contributed by atoms with E-state index in [0.29, 0.717) is 11.1 Å². The second kappa shape index (κ2) is 9.08. The van der Waals surface area contributed by atoms with Crippen LogP contribution in [-0.4, -0.2) is 28.8 Å². The summed E-state index contributed by atoms with van der Waals surface area (Å²) in [5.41, 5.74) is -5.08. The molecule has 1 atom stereocenters. The quantitative estimate of drug-likeness (QED) is 0.352. The van der Waals surface area contributed by atoms with Crippen molar-refractivity contribution >= 4 is 23.0 Å². The molecule has 0 amide bonds. The van der Waals surface area contributed by atoms with Gasteiger partial charge in [0.25, 0.3) is 5.60 Å². The summed E-state index contributed by atoms with van der Waals surface area (Å²) in [4.78, 5) is 0. The number of aliphatic hydroxyl groups is 1. The number of hydrazone groups is 1. The Bertz CT molecular complexity index is 1310. The van der Waals surface area contributed by atoms with Crippen LogP contribution in [0, 0.1) is 12.7 Å². The number of halogens is 8. The van der Waals surface area contributed by atoms with E-state index in [1.165, 1.54) is 36.4 Å². The van der Waals surface area contributed by atoms with Gasteiger partial charge in [-0.1, -0.05) is 60.1 Å². The molecule has 0 fully saturated rings. The standard InChI is InChI=1S/C25H18ClF7N2O/c1-14-6-2-3-7-16(14)15-10-11-17(19(27)12-15)21-13-22(23(36,24(28,29)30)25(31,32)33)34-35(21)20-9-5-4-8-18(20)26/h2-12,21,36H,13H2,1H3. The Hall–Kier alpha value is -3.11. The number of nitrogens with zero attached hydrogens (tertiary/aromatic N) is 2. The number of benzene rings is 3. The van der Waals surface area contributed by atoms with Crippen LogP contribution in [0.1, 0.15) is 23.6 Å². The topological polar surface area (TPSA) is 35.8 Å². The maximum atomic E-state index is 15.4. The second-order valence-corrected chi connectivity index (χ2v) is 8.73. The van der Waals surface area contributed by atoms with Crippen LogP contribution in [0.15, 0.2) is 71.8 Å². The lowest BCUT2D eigenvalue weighted by molar-refractivity contribution is -0.338. The SMILES string of the molecule is Cc1ccccc1-c1ccc(C2CC(C(O)(C(F)(F)F)C(F)(F)F)=NN2c2ccccc2Cl)c(F)c1. The van der Waals surface area contributed by atoms with Gasteiger partial charge in [0, 0.05) is 12.0 Å². The van der Waals surface area contributed by atoms with Crippen LogP contribution in [0.4, 0.5) is 36.4 Å². The molecule has 0 radical (unpaired) electrons. The molecule has 4 rings (SSSR count). The average Bonchev–Trinajstić information content (AvgIpc) is 3.22. The van der Waals surface area contributed by atoms with Crippen LogP contribution in [-0.2, 0) is 0 Å². The number of hydrogen-bond acceptors (Lipinski definition) is 3. The summed E-state index contributed by atoms with van der Waals surface area (Å²) >= 11 is 6.15. The molecule has 0 saturated heterocycles. The minimum atomic E-state index is -6.13. The summed E-state index contributed by atoms with van der Waals surface area (Å²) in [5.74, 6) is -0.864. The molecule has 0 spiro atoms. The fraction of sp³-hybridized carbons (Fsp3) is 0.240. The highest BCUT2D eigenvalue weighted by Crippen LogP contribution is 2.49. The predicted octanol–water partition coefficient (Wildman–Crippen LogP) is 7.62. The van der Waals surface area contributed by atoms with Crippen molar-refractivity contribution in [1.29, 1.82) is 0 Å². The summed E-state index contributed by atoms with van der Waals surface area (Å²) in [5, 5.41) is 14.2. The highest BCUT2D eigenvalue weighted by atomic mass is 35.5.